The standard InChI is InChI=1S/C39H52N10O8/c1-10-49-29(18-24(2)45-49)35(51)43-23-47(32-27(42-6)20-26(36(52)55-9)22-30(32)54-8)15-11-12-16-48-33-28(44-37(48)41)19-25(34(40)50)21-31(33)56-17-13-14-46(7)38(53)57-39(3,4)5/h11-12,18-22H,6,10,13-17,23H2,1-5,7-9H3,(H2,40,50)(H2,41,44)(H,43,51)/b12-11+. The highest BCUT2D eigenvalue weighted by Crippen LogP contribution is 2.39. The number of anilines is 2. The number of primary amides is 1. The van der Waals surface area contributed by atoms with Crippen molar-refractivity contribution in [3.63, 3.8) is 0 Å². The zero-order chi connectivity index (χ0) is 42.0. The molecule has 0 spiro atoms. The first kappa shape index (κ1) is 43.1. The summed E-state index contributed by atoms with van der Waals surface area (Å²) in [6.45, 7) is 14.3. The predicted octanol–water partition coefficient (Wildman–Crippen LogP) is 4.46. The van der Waals surface area contributed by atoms with Crippen molar-refractivity contribution in [1.29, 1.82) is 0 Å². The van der Waals surface area contributed by atoms with Crippen LogP contribution in [0.25, 0.3) is 11.0 Å². The van der Waals surface area contributed by atoms with Gasteiger partial charge >= 0.3 is 12.1 Å². The summed E-state index contributed by atoms with van der Waals surface area (Å²) in [6, 6.07) is 7.84. The summed E-state index contributed by atoms with van der Waals surface area (Å²) in [4.78, 5) is 62.4. The summed E-state index contributed by atoms with van der Waals surface area (Å²) < 4.78 is 25.5. The van der Waals surface area contributed by atoms with Crippen molar-refractivity contribution in [3.8, 4) is 11.5 Å². The smallest absolute Gasteiger partial charge is 0.410 e. The third-order valence-electron chi connectivity index (χ3n) is 8.55. The van der Waals surface area contributed by atoms with E-state index in [2.05, 4.69) is 27.1 Å². The molecule has 2 heterocycles. The fraction of sp³-hybridized carbons (Fsp3) is 0.410. The van der Waals surface area contributed by atoms with Gasteiger partial charge in [0.25, 0.3) is 5.91 Å². The average molecular weight is 789 g/mol. The topological polar surface area (TPSA) is 224 Å². The Morgan fingerprint density at radius 2 is 1.77 bits per heavy atom. The second-order valence-electron chi connectivity index (χ2n) is 13.9. The molecule has 0 saturated heterocycles. The lowest BCUT2D eigenvalue weighted by molar-refractivity contribution is 0.0291. The molecule has 5 N–H and O–H groups in total. The molecule has 18 nitrogen and oxygen atoms in total. The van der Waals surface area contributed by atoms with Gasteiger partial charge in [-0.1, -0.05) is 12.2 Å². The molecule has 0 aliphatic heterocycles. The number of fused-ring (bicyclic) bond motifs is 1. The largest absolute Gasteiger partial charge is 0.494 e. The fourth-order valence-corrected chi connectivity index (χ4v) is 5.87. The molecule has 4 rings (SSSR count). The molecular formula is C39H52N10O8. The van der Waals surface area contributed by atoms with Gasteiger partial charge in [-0.25, -0.2) is 14.6 Å². The molecule has 4 aromatic rings. The SMILES string of the molecule is C=Nc1cc(C(=O)OC)cc(OC)c1N(C/C=C/Cn1c(N)nc2cc(C(N)=O)cc(OCCCN(C)C(=O)OC(C)(C)C)c21)CNC(=O)c1cc(C)nn1CC. The van der Waals surface area contributed by atoms with Crippen molar-refractivity contribution in [1.82, 2.24) is 29.5 Å². The fourth-order valence-electron chi connectivity index (χ4n) is 5.87. The summed E-state index contributed by atoms with van der Waals surface area (Å²) in [6.07, 6.45) is 3.70. The number of rotatable bonds is 18. The number of imidazole rings is 1. The number of nitrogens with two attached hydrogens (primary N) is 2. The monoisotopic (exact) mass is 788 g/mol. The van der Waals surface area contributed by atoms with Gasteiger partial charge in [0.15, 0.2) is 0 Å². The van der Waals surface area contributed by atoms with Gasteiger partial charge in [0.1, 0.15) is 34.0 Å². The van der Waals surface area contributed by atoms with Crippen LogP contribution >= 0.6 is 0 Å². The molecule has 0 bridgehead atoms. The number of ether oxygens (including phenoxy) is 4. The maximum absolute atomic E-state index is 13.4. The molecule has 2 aromatic heterocycles. The highest BCUT2D eigenvalue weighted by molar-refractivity contribution is 5.99. The number of carbonyl (C=O) groups excluding carboxylic acids is 4. The minimum absolute atomic E-state index is 0.000704. The number of carbonyl (C=O) groups is 4. The van der Waals surface area contributed by atoms with E-state index in [-0.39, 0.29) is 49.3 Å². The van der Waals surface area contributed by atoms with Gasteiger partial charge < -0.3 is 50.1 Å². The zero-order valence-corrected chi connectivity index (χ0v) is 33.7. The first-order valence-electron chi connectivity index (χ1n) is 18.2. The number of aryl methyl sites for hydroxylation is 2. The second-order valence-corrected chi connectivity index (χ2v) is 13.9. The van der Waals surface area contributed by atoms with Crippen molar-refractivity contribution in [2.45, 2.75) is 59.7 Å². The van der Waals surface area contributed by atoms with Crippen molar-refractivity contribution in [2.75, 3.05) is 58.3 Å². The second kappa shape index (κ2) is 18.8. The number of benzene rings is 2. The minimum Gasteiger partial charge on any atom is -0.494 e. The van der Waals surface area contributed by atoms with Crippen molar-refractivity contribution < 1.29 is 38.1 Å². The molecular weight excluding hydrogens is 736 g/mol. The Labute approximate surface area is 331 Å². The van der Waals surface area contributed by atoms with E-state index in [9.17, 15) is 19.2 Å². The molecule has 18 heteroatoms. The zero-order valence-electron chi connectivity index (χ0n) is 33.7. The number of nitrogens with zero attached hydrogens (tertiary/aromatic N) is 7. The highest BCUT2D eigenvalue weighted by Gasteiger charge is 2.23. The lowest BCUT2D eigenvalue weighted by Gasteiger charge is -2.27. The Morgan fingerprint density at radius 3 is 2.40 bits per heavy atom. The Kier molecular flexibility index (Phi) is 14.3. The summed E-state index contributed by atoms with van der Waals surface area (Å²) in [7, 11) is 4.37. The molecule has 0 fully saturated rings. The van der Waals surface area contributed by atoms with Crippen LogP contribution in [0.3, 0.4) is 0 Å². The predicted molar refractivity (Wildman–Crippen MR) is 217 cm³/mol. The van der Waals surface area contributed by atoms with Crippen LogP contribution < -0.4 is 31.2 Å². The van der Waals surface area contributed by atoms with E-state index in [0.717, 1.165) is 0 Å². The van der Waals surface area contributed by atoms with Crippen molar-refractivity contribution in [3.05, 3.63) is 65.0 Å². The molecule has 3 amide bonds. The van der Waals surface area contributed by atoms with Gasteiger partial charge in [-0.3, -0.25) is 19.3 Å². The number of amides is 3. The van der Waals surface area contributed by atoms with E-state index in [1.807, 2.05) is 26.0 Å². The van der Waals surface area contributed by atoms with Gasteiger partial charge in [-0.2, -0.15) is 5.10 Å². The Morgan fingerprint density at radius 1 is 1.05 bits per heavy atom. The summed E-state index contributed by atoms with van der Waals surface area (Å²) in [5.74, 6) is -0.798. The summed E-state index contributed by atoms with van der Waals surface area (Å²) in [5.41, 5.74) is 14.6. The van der Waals surface area contributed by atoms with Crippen LogP contribution in [0.1, 0.15) is 71.0 Å². The van der Waals surface area contributed by atoms with Gasteiger partial charge in [0.05, 0.1) is 50.0 Å². The molecule has 0 aliphatic carbocycles. The number of allylic oxidation sites excluding steroid dienone is 1. The third kappa shape index (κ3) is 10.8. The number of esters is 1. The molecule has 0 aliphatic rings. The first-order chi connectivity index (χ1) is 27.0. The lowest BCUT2D eigenvalue weighted by Crippen LogP contribution is -2.39. The summed E-state index contributed by atoms with van der Waals surface area (Å²) in [5, 5.41) is 7.34. The number of hydrogen-bond acceptors (Lipinski definition) is 13. The number of aliphatic imine (C=N–C) groups is 1. The Balaban J connectivity index is 1.62. The normalized spacial score (nSPS) is 11.4. The van der Waals surface area contributed by atoms with E-state index in [1.54, 1.807) is 54.1 Å². The highest BCUT2D eigenvalue weighted by atomic mass is 16.6. The maximum atomic E-state index is 13.4. The molecule has 0 radical (unpaired) electrons. The van der Waals surface area contributed by atoms with E-state index in [1.165, 1.54) is 37.3 Å². The number of nitrogens with one attached hydrogen (secondary N) is 1. The maximum Gasteiger partial charge on any atom is 0.410 e. The van der Waals surface area contributed by atoms with E-state index >= 15 is 0 Å². The van der Waals surface area contributed by atoms with Gasteiger partial charge in [0.2, 0.25) is 11.9 Å². The molecule has 57 heavy (non-hydrogen) atoms. The van der Waals surface area contributed by atoms with Gasteiger partial charge in [0, 0.05) is 38.8 Å². The van der Waals surface area contributed by atoms with Crippen LogP contribution in [0, 0.1) is 6.92 Å². The first-order valence-corrected chi connectivity index (χ1v) is 18.2. The summed E-state index contributed by atoms with van der Waals surface area (Å²) >= 11 is 0. The third-order valence-corrected chi connectivity index (χ3v) is 8.55. The van der Waals surface area contributed by atoms with Crippen molar-refractivity contribution in [2.24, 2.45) is 10.7 Å². The van der Waals surface area contributed by atoms with Gasteiger partial charge in [-0.15, -0.1) is 0 Å². The van der Waals surface area contributed by atoms with Crippen LogP contribution in [0.15, 0.2) is 47.5 Å². The van der Waals surface area contributed by atoms with Crippen molar-refractivity contribution >= 4 is 59.0 Å². The quantitative estimate of drug-likeness (QED) is 0.0418. The lowest BCUT2D eigenvalue weighted by atomic mass is 10.1. The minimum atomic E-state index is -0.663. The average Bonchev–Trinajstić information content (AvgIpc) is 3.72. The Bertz CT molecular complexity index is 2150. The number of methoxy groups -OCH3 is 2. The van der Waals surface area contributed by atoms with Crippen LogP contribution in [-0.4, -0.2) is 108 Å². The van der Waals surface area contributed by atoms with E-state index in [4.69, 9.17) is 30.4 Å². The molecule has 0 saturated carbocycles. The van der Waals surface area contributed by atoms with Crippen LogP contribution in [0.5, 0.6) is 11.5 Å². The molecule has 0 unspecified atom stereocenters. The van der Waals surface area contributed by atoms with Crippen LogP contribution in [-0.2, 0) is 22.6 Å². The van der Waals surface area contributed by atoms with Crippen LogP contribution in [0.4, 0.5) is 22.1 Å². The number of hydrogen-bond donors (Lipinski definition) is 3. The molecule has 306 valence electrons. The van der Waals surface area contributed by atoms with Crippen LogP contribution in [0.2, 0.25) is 0 Å². The number of nitrogen functional groups attached to an aromatic ring is 1. The van der Waals surface area contributed by atoms with Gasteiger partial charge in [-0.05, 0) is 78.1 Å². The van der Waals surface area contributed by atoms with E-state index < -0.39 is 23.6 Å². The Hall–Kier alpha value is -6.59. The molecule has 2 aromatic carbocycles. The van der Waals surface area contributed by atoms with E-state index in [0.29, 0.717) is 64.8 Å². The number of aromatic nitrogens is 4. The molecule has 0 atom stereocenters.